The molecule has 0 fully saturated rings. The first-order chi connectivity index (χ1) is 10.7. The number of nitrogens with two attached hydrogens (primary N) is 1. The van der Waals surface area contributed by atoms with E-state index in [1.807, 2.05) is 19.1 Å². The number of nitrogens with zero attached hydrogens (tertiary/aromatic N) is 2. The number of ether oxygens (including phenoxy) is 1. The fourth-order valence-corrected chi connectivity index (χ4v) is 3.80. The molecule has 1 aliphatic heterocycles. The SMILES string of the molecule is CCOC(C)c1nc(CN2CCCc3c(N)cccc32)cs1. The minimum absolute atomic E-state index is 0.0769. The number of hydrogen-bond acceptors (Lipinski definition) is 5. The second-order valence-corrected chi connectivity index (χ2v) is 6.53. The van der Waals surface area contributed by atoms with Gasteiger partial charge in [-0.1, -0.05) is 6.07 Å². The molecule has 1 aliphatic rings. The van der Waals surface area contributed by atoms with E-state index in [-0.39, 0.29) is 6.10 Å². The molecule has 22 heavy (non-hydrogen) atoms. The highest BCUT2D eigenvalue weighted by Crippen LogP contribution is 2.32. The van der Waals surface area contributed by atoms with Crippen molar-refractivity contribution in [1.82, 2.24) is 4.98 Å². The van der Waals surface area contributed by atoms with Gasteiger partial charge in [0.25, 0.3) is 0 Å². The second-order valence-electron chi connectivity index (χ2n) is 5.64. The number of nitrogen functional groups attached to an aromatic ring is 1. The van der Waals surface area contributed by atoms with E-state index >= 15 is 0 Å². The summed E-state index contributed by atoms with van der Waals surface area (Å²) in [6.45, 7) is 6.69. The molecule has 0 saturated heterocycles. The van der Waals surface area contributed by atoms with Crippen molar-refractivity contribution in [2.45, 2.75) is 39.3 Å². The normalized spacial score (nSPS) is 15.6. The maximum atomic E-state index is 6.12. The molecule has 118 valence electrons. The number of hydrogen-bond donors (Lipinski definition) is 1. The number of benzene rings is 1. The Balaban J connectivity index is 1.76. The van der Waals surface area contributed by atoms with Crippen molar-refractivity contribution in [1.29, 1.82) is 0 Å². The minimum Gasteiger partial charge on any atom is -0.398 e. The van der Waals surface area contributed by atoms with E-state index in [0.717, 1.165) is 48.9 Å². The highest BCUT2D eigenvalue weighted by molar-refractivity contribution is 7.09. The zero-order valence-electron chi connectivity index (χ0n) is 13.2. The lowest BCUT2D eigenvalue weighted by atomic mass is 10.00. The molecule has 2 heterocycles. The van der Waals surface area contributed by atoms with Gasteiger partial charge >= 0.3 is 0 Å². The molecule has 1 unspecified atom stereocenters. The standard InChI is InChI=1S/C17H23N3OS/c1-3-21-12(2)17-19-13(11-22-17)10-20-9-5-6-14-15(18)7-4-8-16(14)20/h4,7-8,11-12H,3,5-6,9-10,18H2,1-2H3. The van der Waals surface area contributed by atoms with E-state index in [4.69, 9.17) is 15.5 Å². The van der Waals surface area contributed by atoms with Crippen molar-refractivity contribution in [3.8, 4) is 0 Å². The largest absolute Gasteiger partial charge is 0.398 e. The molecule has 3 rings (SSSR count). The molecule has 0 radical (unpaired) electrons. The molecule has 0 saturated carbocycles. The van der Waals surface area contributed by atoms with Crippen molar-refractivity contribution >= 4 is 22.7 Å². The molecule has 1 atom stereocenters. The molecule has 1 aromatic carbocycles. The van der Waals surface area contributed by atoms with Crippen LogP contribution < -0.4 is 10.6 Å². The quantitative estimate of drug-likeness (QED) is 0.853. The molecule has 2 aromatic rings. The summed E-state index contributed by atoms with van der Waals surface area (Å²) in [6, 6.07) is 6.20. The van der Waals surface area contributed by atoms with Crippen LogP contribution in [0, 0.1) is 0 Å². The van der Waals surface area contributed by atoms with Crippen molar-refractivity contribution in [3.63, 3.8) is 0 Å². The van der Waals surface area contributed by atoms with Gasteiger partial charge in [0.05, 0.1) is 12.2 Å². The van der Waals surface area contributed by atoms with E-state index in [2.05, 4.69) is 23.3 Å². The van der Waals surface area contributed by atoms with E-state index in [9.17, 15) is 0 Å². The second kappa shape index (κ2) is 6.67. The molecule has 0 aliphatic carbocycles. The Hall–Kier alpha value is -1.59. The van der Waals surface area contributed by atoms with Crippen molar-refractivity contribution in [2.24, 2.45) is 0 Å². The van der Waals surface area contributed by atoms with E-state index in [1.165, 1.54) is 11.3 Å². The molecular formula is C17H23N3OS. The Morgan fingerprint density at radius 1 is 1.45 bits per heavy atom. The fourth-order valence-electron chi connectivity index (χ4n) is 2.99. The zero-order chi connectivity index (χ0) is 15.5. The minimum atomic E-state index is 0.0769. The van der Waals surface area contributed by atoms with Crippen LogP contribution in [-0.4, -0.2) is 18.1 Å². The van der Waals surface area contributed by atoms with Crippen LogP contribution in [0.2, 0.25) is 0 Å². The molecule has 4 nitrogen and oxygen atoms in total. The first-order valence-corrected chi connectivity index (χ1v) is 8.75. The third-order valence-corrected chi connectivity index (χ3v) is 5.12. The maximum absolute atomic E-state index is 6.12. The monoisotopic (exact) mass is 317 g/mol. The summed E-state index contributed by atoms with van der Waals surface area (Å²) in [5.74, 6) is 0. The molecular weight excluding hydrogens is 294 g/mol. The van der Waals surface area contributed by atoms with Gasteiger partial charge < -0.3 is 15.4 Å². The number of thiazole rings is 1. The van der Waals surface area contributed by atoms with Crippen molar-refractivity contribution < 1.29 is 4.74 Å². The molecule has 0 bridgehead atoms. The first-order valence-electron chi connectivity index (χ1n) is 7.87. The van der Waals surface area contributed by atoms with Crippen LogP contribution in [0.15, 0.2) is 23.6 Å². The predicted molar refractivity (Wildman–Crippen MR) is 92.4 cm³/mol. The predicted octanol–water partition coefficient (Wildman–Crippen LogP) is 3.78. The lowest BCUT2D eigenvalue weighted by Gasteiger charge is -2.31. The molecule has 0 spiro atoms. The smallest absolute Gasteiger partial charge is 0.122 e. The summed E-state index contributed by atoms with van der Waals surface area (Å²) in [5.41, 5.74) is 10.7. The maximum Gasteiger partial charge on any atom is 0.122 e. The summed E-state index contributed by atoms with van der Waals surface area (Å²) in [4.78, 5) is 7.13. The van der Waals surface area contributed by atoms with Gasteiger partial charge in [0, 0.05) is 29.9 Å². The summed E-state index contributed by atoms with van der Waals surface area (Å²) < 4.78 is 5.62. The highest BCUT2D eigenvalue weighted by Gasteiger charge is 2.20. The van der Waals surface area contributed by atoms with Crippen LogP contribution >= 0.6 is 11.3 Å². The van der Waals surface area contributed by atoms with Crippen LogP contribution in [0.5, 0.6) is 0 Å². The average Bonchev–Trinajstić information content (AvgIpc) is 2.97. The Bertz CT molecular complexity index is 641. The fraction of sp³-hybridized carbons (Fsp3) is 0.471. The number of rotatable bonds is 5. The van der Waals surface area contributed by atoms with Crippen LogP contribution in [0.1, 0.15) is 42.6 Å². The summed E-state index contributed by atoms with van der Waals surface area (Å²) in [7, 11) is 0. The highest BCUT2D eigenvalue weighted by atomic mass is 32.1. The van der Waals surface area contributed by atoms with Gasteiger partial charge in [0.15, 0.2) is 0 Å². The number of anilines is 2. The van der Waals surface area contributed by atoms with Gasteiger partial charge in [-0.3, -0.25) is 0 Å². The lowest BCUT2D eigenvalue weighted by Crippen LogP contribution is -2.29. The van der Waals surface area contributed by atoms with Gasteiger partial charge in [-0.2, -0.15) is 0 Å². The lowest BCUT2D eigenvalue weighted by molar-refractivity contribution is 0.0761. The topological polar surface area (TPSA) is 51.4 Å². The summed E-state index contributed by atoms with van der Waals surface area (Å²) in [5, 5.41) is 3.20. The van der Waals surface area contributed by atoms with Crippen LogP contribution in [0.3, 0.4) is 0 Å². The van der Waals surface area contributed by atoms with Gasteiger partial charge in [-0.15, -0.1) is 11.3 Å². The van der Waals surface area contributed by atoms with Crippen molar-refractivity contribution in [3.05, 3.63) is 39.8 Å². The van der Waals surface area contributed by atoms with Crippen molar-refractivity contribution in [2.75, 3.05) is 23.8 Å². The summed E-state index contributed by atoms with van der Waals surface area (Å²) in [6.07, 6.45) is 2.29. The third kappa shape index (κ3) is 3.10. The van der Waals surface area contributed by atoms with E-state index < -0.39 is 0 Å². The van der Waals surface area contributed by atoms with Crippen LogP contribution in [0.25, 0.3) is 0 Å². The third-order valence-electron chi connectivity index (χ3n) is 4.07. The van der Waals surface area contributed by atoms with Gasteiger partial charge in [-0.25, -0.2) is 4.98 Å². The van der Waals surface area contributed by atoms with Crippen LogP contribution in [0.4, 0.5) is 11.4 Å². The molecule has 1 aromatic heterocycles. The zero-order valence-corrected chi connectivity index (χ0v) is 14.0. The van der Waals surface area contributed by atoms with Gasteiger partial charge in [-0.05, 0) is 44.4 Å². The molecule has 2 N–H and O–H groups in total. The van der Waals surface area contributed by atoms with Gasteiger partial charge in [0.1, 0.15) is 11.1 Å². The number of aromatic nitrogens is 1. The first kappa shape index (κ1) is 15.3. The van der Waals surface area contributed by atoms with Crippen LogP contribution in [-0.2, 0) is 17.7 Å². The Morgan fingerprint density at radius 3 is 3.14 bits per heavy atom. The van der Waals surface area contributed by atoms with E-state index in [0.29, 0.717) is 0 Å². The van der Waals surface area contributed by atoms with E-state index in [1.54, 1.807) is 11.3 Å². The summed E-state index contributed by atoms with van der Waals surface area (Å²) >= 11 is 1.68. The Labute approximate surface area is 135 Å². The van der Waals surface area contributed by atoms with Gasteiger partial charge in [0.2, 0.25) is 0 Å². The molecule has 5 heteroatoms. The Morgan fingerprint density at radius 2 is 2.32 bits per heavy atom. The Kier molecular flexibility index (Phi) is 4.64. The average molecular weight is 317 g/mol. The number of fused-ring (bicyclic) bond motifs is 1. The molecule has 0 amide bonds.